The number of nitrogens with one attached hydrogen (secondary N) is 1. The van der Waals surface area contributed by atoms with Crippen LogP contribution in [0.1, 0.15) is 30.1 Å². The summed E-state index contributed by atoms with van der Waals surface area (Å²) in [6, 6.07) is 9.43. The summed E-state index contributed by atoms with van der Waals surface area (Å²) in [5.74, 6) is 1.22. The second kappa shape index (κ2) is 5.65. The van der Waals surface area contributed by atoms with Gasteiger partial charge in [-0.25, -0.2) is 0 Å². The number of hydrogen-bond acceptors (Lipinski definition) is 4. The van der Waals surface area contributed by atoms with Crippen LogP contribution in [0.4, 0.5) is 0 Å². The van der Waals surface area contributed by atoms with E-state index in [-0.39, 0.29) is 11.8 Å². The van der Waals surface area contributed by atoms with E-state index in [9.17, 15) is 9.59 Å². The zero-order valence-electron chi connectivity index (χ0n) is 14.3. The highest BCUT2D eigenvalue weighted by molar-refractivity contribution is 6.05. The highest BCUT2D eigenvalue weighted by Crippen LogP contribution is 2.39. The summed E-state index contributed by atoms with van der Waals surface area (Å²) >= 11 is 0. The van der Waals surface area contributed by atoms with Crippen molar-refractivity contribution in [3.63, 3.8) is 0 Å². The van der Waals surface area contributed by atoms with Crippen LogP contribution in [0.2, 0.25) is 0 Å². The third-order valence-corrected chi connectivity index (χ3v) is 5.08. The van der Waals surface area contributed by atoms with Gasteiger partial charge in [0.1, 0.15) is 11.5 Å². The topological polar surface area (TPSA) is 67.9 Å². The lowest BCUT2D eigenvalue weighted by Gasteiger charge is -2.44. The molecule has 0 aliphatic carbocycles. The maximum absolute atomic E-state index is 12.7. The summed E-state index contributed by atoms with van der Waals surface area (Å²) in [5.41, 5.74) is -0.228. The zero-order valence-corrected chi connectivity index (χ0v) is 14.3. The third-order valence-electron chi connectivity index (χ3n) is 5.08. The fraction of sp³-hybridized carbons (Fsp3) is 0.368. The van der Waals surface area contributed by atoms with E-state index in [4.69, 9.17) is 9.47 Å². The molecule has 1 fully saturated rings. The monoisotopic (exact) mass is 340 g/mol. The van der Waals surface area contributed by atoms with Crippen LogP contribution in [-0.4, -0.2) is 42.6 Å². The van der Waals surface area contributed by atoms with Gasteiger partial charge in [0.05, 0.1) is 12.7 Å². The number of nitrogens with zero attached hydrogens (tertiary/aromatic N) is 1. The van der Waals surface area contributed by atoms with Crippen LogP contribution in [0.5, 0.6) is 11.5 Å². The third kappa shape index (κ3) is 2.58. The minimum atomic E-state index is -0.757. The highest BCUT2D eigenvalue weighted by Gasteiger charge is 2.43. The van der Waals surface area contributed by atoms with E-state index in [2.05, 4.69) is 5.32 Å². The van der Waals surface area contributed by atoms with Gasteiger partial charge in [0.25, 0.3) is 5.91 Å². The predicted molar refractivity (Wildman–Crippen MR) is 92.8 cm³/mol. The van der Waals surface area contributed by atoms with Gasteiger partial charge in [0.15, 0.2) is 5.72 Å². The van der Waals surface area contributed by atoms with Gasteiger partial charge in [-0.05, 0) is 23.6 Å². The number of amides is 2. The number of carbonyl (C=O) groups excluding carboxylic acids is 2. The van der Waals surface area contributed by atoms with Crippen molar-refractivity contribution in [3.8, 4) is 11.5 Å². The molecule has 2 amide bonds. The van der Waals surface area contributed by atoms with Crippen LogP contribution in [0.15, 0.2) is 30.3 Å². The van der Waals surface area contributed by atoms with E-state index in [1.165, 1.54) is 0 Å². The molecule has 0 bridgehead atoms. The standard InChI is InChI=1S/C19H20N2O4/c1-12(22)21-9-7-19(8-10-21)20-18(23)15-6-4-13-3-5-14(24-2)11-16(13)17(15)25-19/h3-6,11H,7-10H2,1-2H3,(H,20,23). The number of rotatable bonds is 1. The van der Waals surface area contributed by atoms with Crippen molar-refractivity contribution in [2.24, 2.45) is 0 Å². The predicted octanol–water partition coefficient (Wildman–Crippen LogP) is 2.31. The van der Waals surface area contributed by atoms with Crippen LogP contribution in [0.25, 0.3) is 10.8 Å². The Balaban J connectivity index is 1.75. The van der Waals surface area contributed by atoms with Crippen LogP contribution in [-0.2, 0) is 4.79 Å². The fourth-order valence-electron chi connectivity index (χ4n) is 3.59. The number of methoxy groups -OCH3 is 1. The van der Waals surface area contributed by atoms with Crippen molar-refractivity contribution in [2.75, 3.05) is 20.2 Å². The average molecular weight is 340 g/mol. The number of benzene rings is 2. The molecule has 2 aromatic rings. The van der Waals surface area contributed by atoms with Crippen LogP contribution < -0.4 is 14.8 Å². The van der Waals surface area contributed by atoms with E-state index in [0.717, 1.165) is 16.5 Å². The second-order valence-electron chi connectivity index (χ2n) is 6.59. The Kier molecular flexibility index (Phi) is 3.56. The van der Waals surface area contributed by atoms with Gasteiger partial charge in [0, 0.05) is 38.2 Å². The second-order valence-corrected chi connectivity index (χ2v) is 6.59. The molecule has 2 aliphatic heterocycles. The quantitative estimate of drug-likeness (QED) is 0.865. The Hall–Kier alpha value is -2.76. The van der Waals surface area contributed by atoms with Gasteiger partial charge in [0.2, 0.25) is 5.91 Å². The summed E-state index contributed by atoms with van der Waals surface area (Å²) in [6.07, 6.45) is 1.14. The Morgan fingerprint density at radius 1 is 1.24 bits per heavy atom. The molecule has 0 aromatic heterocycles. The van der Waals surface area contributed by atoms with Crippen molar-refractivity contribution >= 4 is 22.6 Å². The van der Waals surface area contributed by atoms with Crippen molar-refractivity contribution in [1.29, 1.82) is 0 Å². The minimum Gasteiger partial charge on any atom is -0.497 e. The number of likely N-dealkylation sites (tertiary alicyclic amines) is 1. The Bertz CT molecular complexity index is 869. The maximum atomic E-state index is 12.7. The first-order valence-corrected chi connectivity index (χ1v) is 8.39. The molecule has 0 unspecified atom stereocenters. The molecule has 130 valence electrons. The Labute approximate surface area is 145 Å². The minimum absolute atomic E-state index is 0.0487. The SMILES string of the molecule is COc1ccc2ccc3c(c2c1)OC1(CCN(C(C)=O)CC1)NC3=O. The summed E-state index contributed by atoms with van der Waals surface area (Å²) in [5, 5.41) is 4.86. The summed E-state index contributed by atoms with van der Waals surface area (Å²) in [7, 11) is 1.61. The summed E-state index contributed by atoms with van der Waals surface area (Å²) in [6.45, 7) is 2.70. The van der Waals surface area contributed by atoms with Gasteiger partial charge in [-0.3, -0.25) is 9.59 Å². The molecule has 0 atom stereocenters. The normalized spacial score (nSPS) is 18.5. The van der Waals surface area contributed by atoms with Crippen LogP contribution in [0.3, 0.4) is 0 Å². The van der Waals surface area contributed by atoms with Crippen LogP contribution in [0, 0.1) is 0 Å². The number of ether oxygens (including phenoxy) is 2. The molecule has 1 spiro atoms. The number of piperidine rings is 1. The molecule has 1 N–H and O–H groups in total. The van der Waals surface area contributed by atoms with E-state index in [1.54, 1.807) is 25.0 Å². The average Bonchev–Trinajstić information content (AvgIpc) is 2.61. The molecule has 6 heteroatoms. The fourth-order valence-corrected chi connectivity index (χ4v) is 3.59. The van der Waals surface area contributed by atoms with Gasteiger partial charge in [-0.1, -0.05) is 12.1 Å². The molecule has 2 aliphatic rings. The largest absolute Gasteiger partial charge is 0.497 e. The molecular formula is C19H20N2O4. The molecule has 2 heterocycles. The first-order chi connectivity index (χ1) is 12.0. The molecule has 2 aromatic carbocycles. The molecule has 6 nitrogen and oxygen atoms in total. The highest BCUT2D eigenvalue weighted by atomic mass is 16.5. The molecular weight excluding hydrogens is 320 g/mol. The van der Waals surface area contributed by atoms with Gasteiger partial charge >= 0.3 is 0 Å². The van der Waals surface area contributed by atoms with E-state index in [1.807, 2.05) is 24.3 Å². The Morgan fingerprint density at radius 3 is 2.64 bits per heavy atom. The molecule has 1 saturated heterocycles. The van der Waals surface area contributed by atoms with E-state index >= 15 is 0 Å². The van der Waals surface area contributed by atoms with Crippen LogP contribution >= 0.6 is 0 Å². The van der Waals surface area contributed by atoms with E-state index in [0.29, 0.717) is 37.2 Å². The first-order valence-electron chi connectivity index (χ1n) is 8.39. The van der Waals surface area contributed by atoms with Crippen molar-refractivity contribution in [3.05, 3.63) is 35.9 Å². The number of carbonyl (C=O) groups is 2. The lowest BCUT2D eigenvalue weighted by Crippen LogP contribution is -2.61. The first kappa shape index (κ1) is 15.7. The molecule has 4 rings (SSSR count). The smallest absolute Gasteiger partial charge is 0.258 e. The van der Waals surface area contributed by atoms with Crippen molar-refractivity contribution in [2.45, 2.75) is 25.5 Å². The Morgan fingerprint density at radius 2 is 1.96 bits per heavy atom. The maximum Gasteiger partial charge on any atom is 0.258 e. The number of hydrogen-bond donors (Lipinski definition) is 1. The number of fused-ring (bicyclic) bond motifs is 3. The molecule has 0 radical (unpaired) electrons. The van der Waals surface area contributed by atoms with Gasteiger partial charge in [-0.2, -0.15) is 0 Å². The molecule has 25 heavy (non-hydrogen) atoms. The summed E-state index contributed by atoms with van der Waals surface area (Å²) in [4.78, 5) is 26.0. The lowest BCUT2D eigenvalue weighted by molar-refractivity contribution is -0.132. The molecule has 0 saturated carbocycles. The van der Waals surface area contributed by atoms with Crippen molar-refractivity contribution < 1.29 is 19.1 Å². The zero-order chi connectivity index (χ0) is 17.6. The van der Waals surface area contributed by atoms with Gasteiger partial charge < -0.3 is 19.7 Å². The van der Waals surface area contributed by atoms with Gasteiger partial charge in [-0.15, -0.1) is 0 Å². The lowest BCUT2D eigenvalue weighted by atomic mass is 9.95. The van der Waals surface area contributed by atoms with E-state index < -0.39 is 5.72 Å². The summed E-state index contributed by atoms with van der Waals surface area (Å²) < 4.78 is 11.7. The van der Waals surface area contributed by atoms with Crippen molar-refractivity contribution in [1.82, 2.24) is 10.2 Å².